The molecule has 6 heteroatoms. The Morgan fingerprint density at radius 2 is 1.71 bits per heavy atom. The fraction of sp³-hybridized carbons (Fsp3) is 0.286. The molecule has 5 nitrogen and oxygen atoms in total. The molecule has 0 aliphatic carbocycles. The summed E-state index contributed by atoms with van der Waals surface area (Å²) in [5.41, 5.74) is 3.75. The van der Waals surface area contributed by atoms with Gasteiger partial charge in [0.1, 0.15) is 11.6 Å². The number of aryl methyl sites for hydroxylation is 1. The van der Waals surface area contributed by atoms with E-state index < -0.39 is 0 Å². The van der Waals surface area contributed by atoms with Crippen LogP contribution in [0.25, 0.3) is 11.0 Å². The largest absolute Gasteiger partial charge is 0.493 e. The first-order chi connectivity index (χ1) is 16.4. The Morgan fingerprint density at radius 3 is 2.47 bits per heavy atom. The highest BCUT2D eigenvalue weighted by Crippen LogP contribution is 2.26. The number of carbonyl (C=O) groups excluding carboxylic acids is 1. The molecule has 4 aromatic rings. The highest BCUT2D eigenvalue weighted by Gasteiger charge is 2.19. The third-order valence-corrected chi connectivity index (χ3v) is 6.10. The molecule has 0 radical (unpaired) electrons. The summed E-state index contributed by atoms with van der Waals surface area (Å²) in [7, 11) is 0. The molecule has 0 saturated carbocycles. The van der Waals surface area contributed by atoms with Crippen molar-refractivity contribution < 1.29 is 9.53 Å². The second-order valence-electron chi connectivity index (χ2n) is 8.71. The Balaban J connectivity index is 1.48. The third-order valence-electron chi connectivity index (χ3n) is 5.85. The Bertz CT molecular complexity index is 1260. The summed E-state index contributed by atoms with van der Waals surface area (Å²) >= 11 is 5.95. The number of rotatable bonds is 9. The van der Waals surface area contributed by atoms with Crippen molar-refractivity contribution in [3.63, 3.8) is 0 Å². The van der Waals surface area contributed by atoms with E-state index in [1.807, 2.05) is 43.3 Å². The van der Waals surface area contributed by atoms with Gasteiger partial charge in [-0.15, -0.1) is 0 Å². The van der Waals surface area contributed by atoms with Gasteiger partial charge in [-0.1, -0.05) is 55.8 Å². The average Bonchev–Trinajstić information content (AvgIpc) is 3.21. The molecule has 1 N–H and O–H groups in total. The van der Waals surface area contributed by atoms with Crippen LogP contribution in [0.1, 0.15) is 60.9 Å². The minimum absolute atomic E-state index is 0.156. The number of fused-ring (bicyclic) bond motifs is 1. The lowest BCUT2D eigenvalue weighted by atomic mass is 10.0. The van der Waals surface area contributed by atoms with Crippen molar-refractivity contribution in [3.8, 4) is 5.75 Å². The summed E-state index contributed by atoms with van der Waals surface area (Å²) in [5, 5.41) is 3.67. The second kappa shape index (κ2) is 10.7. The van der Waals surface area contributed by atoms with Gasteiger partial charge in [-0.05, 0) is 67.3 Å². The first-order valence-electron chi connectivity index (χ1n) is 11.7. The van der Waals surface area contributed by atoms with Crippen molar-refractivity contribution in [1.29, 1.82) is 0 Å². The van der Waals surface area contributed by atoms with Crippen LogP contribution in [0.15, 0.2) is 72.8 Å². The highest BCUT2D eigenvalue weighted by atomic mass is 35.5. The number of benzene rings is 3. The molecule has 34 heavy (non-hydrogen) atoms. The van der Waals surface area contributed by atoms with E-state index in [4.69, 9.17) is 21.3 Å². The number of nitrogens with one attached hydrogen (secondary N) is 1. The van der Waals surface area contributed by atoms with Gasteiger partial charge in [0.2, 0.25) is 0 Å². The molecular weight excluding hydrogens is 446 g/mol. The van der Waals surface area contributed by atoms with Crippen LogP contribution in [0, 0.1) is 0 Å². The van der Waals surface area contributed by atoms with Crippen LogP contribution in [-0.4, -0.2) is 22.1 Å². The first-order valence-corrected chi connectivity index (χ1v) is 12.0. The number of hydrogen-bond donors (Lipinski definition) is 1. The van der Waals surface area contributed by atoms with Gasteiger partial charge in [0.15, 0.2) is 0 Å². The van der Waals surface area contributed by atoms with Gasteiger partial charge in [-0.2, -0.15) is 0 Å². The van der Waals surface area contributed by atoms with E-state index in [0.29, 0.717) is 23.1 Å². The van der Waals surface area contributed by atoms with Gasteiger partial charge in [0, 0.05) is 17.1 Å². The number of nitrogens with zero attached hydrogens (tertiary/aromatic N) is 2. The second-order valence-corrected chi connectivity index (χ2v) is 9.14. The number of aromatic nitrogens is 2. The van der Waals surface area contributed by atoms with E-state index in [-0.39, 0.29) is 11.9 Å². The summed E-state index contributed by atoms with van der Waals surface area (Å²) in [6.07, 6.45) is 0.817. The number of carbonyl (C=O) groups is 1. The number of amides is 1. The molecular formula is C28H30ClN3O2. The van der Waals surface area contributed by atoms with Crippen LogP contribution >= 0.6 is 11.6 Å². The van der Waals surface area contributed by atoms with Crippen LogP contribution < -0.4 is 10.1 Å². The van der Waals surface area contributed by atoms with Gasteiger partial charge >= 0.3 is 0 Å². The van der Waals surface area contributed by atoms with E-state index in [1.54, 1.807) is 24.3 Å². The molecule has 3 aromatic carbocycles. The van der Waals surface area contributed by atoms with E-state index >= 15 is 0 Å². The summed E-state index contributed by atoms with van der Waals surface area (Å²) in [5.74, 6) is 2.02. The molecule has 0 fully saturated rings. The zero-order chi connectivity index (χ0) is 24.1. The fourth-order valence-electron chi connectivity index (χ4n) is 4.10. The van der Waals surface area contributed by atoms with Crippen molar-refractivity contribution >= 4 is 28.5 Å². The normalized spacial score (nSPS) is 12.1. The number of hydrogen-bond acceptors (Lipinski definition) is 3. The smallest absolute Gasteiger partial charge is 0.251 e. The minimum atomic E-state index is -0.266. The van der Waals surface area contributed by atoms with Crippen molar-refractivity contribution in [2.75, 3.05) is 6.61 Å². The van der Waals surface area contributed by atoms with Crippen LogP contribution in [0.2, 0.25) is 5.02 Å². The van der Waals surface area contributed by atoms with Crippen LogP contribution in [0.3, 0.4) is 0 Å². The van der Waals surface area contributed by atoms with Gasteiger partial charge < -0.3 is 14.6 Å². The van der Waals surface area contributed by atoms with Gasteiger partial charge in [-0.3, -0.25) is 4.79 Å². The van der Waals surface area contributed by atoms with Crippen LogP contribution in [-0.2, 0) is 6.54 Å². The zero-order valence-corrected chi connectivity index (χ0v) is 20.5. The summed E-state index contributed by atoms with van der Waals surface area (Å²) in [4.78, 5) is 17.6. The summed E-state index contributed by atoms with van der Waals surface area (Å²) in [6.45, 7) is 7.64. The SMILES string of the molecule is CC(C)c1ccccc1OCCCn1c(C(C)NC(=O)c2ccc(Cl)cc2)nc2ccccc21. The molecule has 0 aliphatic rings. The predicted octanol–water partition coefficient (Wildman–Crippen LogP) is 6.77. The summed E-state index contributed by atoms with van der Waals surface area (Å²) in [6, 6.07) is 22.9. The monoisotopic (exact) mass is 475 g/mol. The number of ether oxygens (including phenoxy) is 1. The predicted molar refractivity (Wildman–Crippen MR) is 138 cm³/mol. The van der Waals surface area contributed by atoms with E-state index in [9.17, 15) is 4.79 Å². The molecule has 4 rings (SSSR count). The number of imidazole rings is 1. The first kappa shape index (κ1) is 23.8. The van der Waals surface area contributed by atoms with Crippen molar-refractivity contribution in [3.05, 3.63) is 94.8 Å². The van der Waals surface area contributed by atoms with Gasteiger partial charge in [0.05, 0.1) is 23.7 Å². The quantitative estimate of drug-likeness (QED) is 0.272. The lowest BCUT2D eigenvalue weighted by Gasteiger charge is -2.17. The van der Waals surface area contributed by atoms with Crippen LogP contribution in [0.5, 0.6) is 5.75 Å². The standard InChI is InChI=1S/C28H30ClN3O2/c1-19(2)23-9-4-7-12-26(23)34-18-8-17-32-25-11-6-5-10-24(25)31-27(32)20(3)30-28(33)21-13-15-22(29)16-14-21/h4-7,9-16,19-20H,8,17-18H2,1-3H3,(H,30,33). The fourth-order valence-corrected chi connectivity index (χ4v) is 4.23. The zero-order valence-electron chi connectivity index (χ0n) is 19.8. The average molecular weight is 476 g/mol. The minimum Gasteiger partial charge on any atom is -0.493 e. The number of halogens is 1. The third kappa shape index (κ3) is 5.42. The van der Waals surface area contributed by atoms with E-state index in [0.717, 1.165) is 35.6 Å². The Hall–Kier alpha value is -3.31. The van der Waals surface area contributed by atoms with E-state index in [2.05, 4.69) is 35.9 Å². The Labute approximate surface area is 205 Å². The molecule has 1 atom stereocenters. The Morgan fingerprint density at radius 1 is 1.00 bits per heavy atom. The van der Waals surface area contributed by atoms with Crippen molar-refractivity contribution in [1.82, 2.24) is 14.9 Å². The maximum Gasteiger partial charge on any atom is 0.251 e. The topological polar surface area (TPSA) is 56.1 Å². The van der Waals surface area contributed by atoms with Crippen molar-refractivity contribution in [2.24, 2.45) is 0 Å². The molecule has 1 heterocycles. The Kier molecular flexibility index (Phi) is 7.53. The van der Waals surface area contributed by atoms with Gasteiger partial charge in [0.25, 0.3) is 5.91 Å². The summed E-state index contributed by atoms with van der Waals surface area (Å²) < 4.78 is 8.31. The van der Waals surface area contributed by atoms with E-state index in [1.165, 1.54) is 5.56 Å². The van der Waals surface area contributed by atoms with Crippen molar-refractivity contribution in [2.45, 2.75) is 45.7 Å². The van der Waals surface area contributed by atoms with Crippen LogP contribution in [0.4, 0.5) is 0 Å². The molecule has 0 aliphatic heterocycles. The molecule has 0 saturated heterocycles. The molecule has 176 valence electrons. The maximum absolute atomic E-state index is 12.8. The molecule has 1 aromatic heterocycles. The highest BCUT2D eigenvalue weighted by molar-refractivity contribution is 6.30. The molecule has 1 unspecified atom stereocenters. The molecule has 0 spiro atoms. The molecule has 1 amide bonds. The van der Waals surface area contributed by atoms with Gasteiger partial charge in [-0.25, -0.2) is 4.98 Å². The molecule has 0 bridgehead atoms. The maximum atomic E-state index is 12.8. The number of para-hydroxylation sites is 3. The lowest BCUT2D eigenvalue weighted by Crippen LogP contribution is -2.28. The lowest BCUT2D eigenvalue weighted by molar-refractivity contribution is 0.0937.